The highest BCUT2D eigenvalue weighted by atomic mass is 16.4. The van der Waals surface area contributed by atoms with Gasteiger partial charge in [0.05, 0.1) is 11.8 Å². The van der Waals surface area contributed by atoms with E-state index in [0.717, 1.165) is 5.69 Å². The Kier molecular flexibility index (Phi) is 3.37. The lowest BCUT2D eigenvalue weighted by Gasteiger charge is -2.01. The monoisotopic (exact) mass is 263 g/mol. The topological polar surface area (TPSA) is 97.4 Å². The zero-order valence-electron chi connectivity index (χ0n) is 10.5. The van der Waals surface area contributed by atoms with Crippen LogP contribution >= 0.6 is 0 Å². The lowest BCUT2D eigenvalue weighted by molar-refractivity contribution is -0.136. The van der Waals surface area contributed by atoms with E-state index in [1.54, 1.807) is 17.8 Å². The maximum atomic E-state index is 12.0. The maximum Gasteiger partial charge on any atom is 0.311 e. The molecule has 0 fully saturated rings. The van der Waals surface area contributed by atoms with Crippen molar-refractivity contribution in [3.63, 3.8) is 0 Å². The molecule has 0 atom stereocenters. The number of carbonyl (C=O) groups excluding carboxylic acids is 1. The van der Waals surface area contributed by atoms with E-state index in [9.17, 15) is 9.59 Å². The van der Waals surface area contributed by atoms with Crippen LogP contribution in [0, 0.1) is 6.92 Å². The quantitative estimate of drug-likeness (QED) is 0.863. The summed E-state index contributed by atoms with van der Waals surface area (Å²) in [4.78, 5) is 22.6. The Morgan fingerprint density at radius 2 is 2.26 bits per heavy atom. The Bertz CT molecular complexity index is 607. The molecule has 0 aliphatic rings. The number of carboxylic acids is 1. The fourth-order valence-corrected chi connectivity index (χ4v) is 1.62. The summed E-state index contributed by atoms with van der Waals surface area (Å²) in [6.07, 6.45) is 0.952. The van der Waals surface area contributed by atoms with Crippen molar-refractivity contribution in [2.45, 2.75) is 13.3 Å². The third-order valence-electron chi connectivity index (χ3n) is 2.66. The van der Waals surface area contributed by atoms with Gasteiger partial charge in [-0.2, -0.15) is 5.10 Å². The van der Waals surface area contributed by atoms with Gasteiger partial charge in [-0.05, 0) is 13.0 Å². The van der Waals surface area contributed by atoms with Crippen molar-refractivity contribution in [1.29, 1.82) is 0 Å². The lowest BCUT2D eigenvalue weighted by atomic mass is 10.2. The Hall–Kier alpha value is -2.57. The van der Waals surface area contributed by atoms with E-state index >= 15 is 0 Å². The van der Waals surface area contributed by atoms with Crippen LogP contribution in [0.4, 0.5) is 5.82 Å². The molecule has 0 spiro atoms. The predicted octanol–water partition coefficient (Wildman–Crippen LogP) is 1.20. The number of aromatic nitrogens is 2. The minimum Gasteiger partial charge on any atom is -0.481 e. The van der Waals surface area contributed by atoms with Crippen molar-refractivity contribution >= 4 is 17.7 Å². The molecule has 7 nitrogen and oxygen atoms in total. The maximum absolute atomic E-state index is 12.0. The number of carbonyl (C=O) groups is 2. The SMILES string of the molecule is Cc1cc(NC(=O)c2ccoc2CC(=O)O)nn1C. The van der Waals surface area contributed by atoms with Crippen LogP contribution in [-0.4, -0.2) is 26.8 Å². The number of hydrogen-bond acceptors (Lipinski definition) is 4. The molecule has 19 heavy (non-hydrogen) atoms. The van der Waals surface area contributed by atoms with Crippen molar-refractivity contribution in [2.24, 2.45) is 7.05 Å². The molecule has 0 bridgehead atoms. The lowest BCUT2D eigenvalue weighted by Crippen LogP contribution is -2.14. The van der Waals surface area contributed by atoms with E-state index in [1.807, 2.05) is 6.92 Å². The van der Waals surface area contributed by atoms with Gasteiger partial charge >= 0.3 is 5.97 Å². The molecule has 0 saturated heterocycles. The highest BCUT2D eigenvalue weighted by molar-refractivity contribution is 6.04. The molecular weight excluding hydrogens is 250 g/mol. The fraction of sp³-hybridized carbons (Fsp3) is 0.250. The van der Waals surface area contributed by atoms with Gasteiger partial charge in [0.2, 0.25) is 0 Å². The largest absolute Gasteiger partial charge is 0.481 e. The third kappa shape index (κ3) is 2.82. The molecule has 100 valence electrons. The first-order valence-corrected chi connectivity index (χ1v) is 5.57. The summed E-state index contributed by atoms with van der Waals surface area (Å²) in [5.41, 5.74) is 1.10. The Labute approximate surface area is 108 Å². The second-order valence-electron chi connectivity index (χ2n) is 4.08. The highest BCUT2D eigenvalue weighted by Gasteiger charge is 2.18. The van der Waals surface area contributed by atoms with Crippen molar-refractivity contribution < 1.29 is 19.1 Å². The van der Waals surface area contributed by atoms with Crippen LogP contribution < -0.4 is 5.32 Å². The summed E-state index contributed by atoms with van der Waals surface area (Å²) >= 11 is 0. The first-order chi connectivity index (χ1) is 8.97. The van der Waals surface area contributed by atoms with Crippen LogP contribution in [0.15, 0.2) is 22.8 Å². The molecular formula is C12H13N3O4. The molecule has 0 aliphatic heterocycles. The van der Waals surface area contributed by atoms with Crippen LogP contribution in [-0.2, 0) is 18.3 Å². The number of aliphatic carboxylic acids is 1. The second-order valence-corrected chi connectivity index (χ2v) is 4.08. The molecule has 2 rings (SSSR count). The first kappa shape index (κ1) is 12.9. The standard InChI is InChI=1S/C12H13N3O4/c1-7-5-10(14-15(7)2)13-12(18)8-3-4-19-9(8)6-11(16)17/h3-5H,6H2,1-2H3,(H,16,17)(H,13,14,18). The first-order valence-electron chi connectivity index (χ1n) is 5.57. The van der Waals surface area contributed by atoms with E-state index < -0.39 is 11.9 Å². The number of nitrogens with zero attached hydrogens (tertiary/aromatic N) is 2. The minimum atomic E-state index is -1.06. The molecule has 0 aliphatic carbocycles. The molecule has 0 saturated carbocycles. The van der Waals surface area contributed by atoms with E-state index in [2.05, 4.69) is 10.4 Å². The van der Waals surface area contributed by atoms with Gasteiger partial charge < -0.3 is 14.8 Å². The number of anilines is 1. The molecule has 2 heterocycles. The fourth-order valence-electron chi connectivity index (χ4n) is 1.62. The normalized spacial score (nSPS) is 10.4. The summed E-state index contributed by atoms with van der Waals surface area (Å²) < 4.78 is 6.62. The summed E-state index contributed by atoms with van der Waals surface area (Å²) in [5.74, 6) is -0.967. The molecule has 1 amide bonds. The van der Waals surface area contributed by atoms with Crippen molar-refractivity contribution in [2.75, 3.05) is 5.32 Å². The number of rotatable bonds is 4. The van der Waals surface area contributed by atoms with Crippen molar-refractivity contribution in [3.8, 4) is 0 Å². The molecule has 0 aromatic carbocycles. The van der Waals surface area contributed by atoms with Crippen LogP contribution in [0.3, 0.4) is 0 Å². The summed E-state index contributed by atoms with van der Waals surface area (Å²) in [6.45, 7) is 1.86. The number of aryl methyl sites for hydroxylation is 2. The molecule has 7 heteroatoms. The average molecular weight is 263 g/mol. The molecule has 2 aromatic heterocycles. The van der Waals surface area contributed by atoms with E-state index in [-0.39, 0.29) is 17.7 Å². The van der Waals surface area contributed by atoms with Crippen LogP contribution in [0.1, 0.15) is 21.8 Å². The zero-order valence-corrected chi connectivity index (χ0v) is 10.5. The van der Waals surface area contributed by atoms with E-state index in [0.29, 0.717) is 5.82 Å². The zero-order chi connectivity index (χ0) is 14.0. The van der Waals surface area contributed by atoms with Crippen LogP contribution in [0.5, 0.6) is 0 Å². The molecule has 0 radical (unpaired) electrons. The minimum absolute atomic E-state index is 0.123. The Morgan fingerprint density at radius 1 is 1.53 bits per heavy atom. The van der Waals surface area contributed by atoms with Crippen molar-refractivity contribution in [1.82, 2.24) is 9.78 Å². The van der Waals surface area contributed by atoms with Crippen LogP contribution in [0.25, 0.3) is 0 Å². The number of hydrogen-bond donors (Lipinski definition) is 2. The second kappa shape index (κ2) is 4.97. The smallest absolute Gasteiger partial charge is 0.311 e. The third-order valence-corrected chi connectivity index (χ3v) is 2.66. The number of nitrogens with one attached hydrogen (secondary N) is 1. The van der Waals surface area contributed by atoms with Gasteiger partial charge in [0.25, 0.3) is 5.91 Å². The van der Waals surface area contributed by atoms with Crippen LogP contribution in [0.2, 0.25) is 0 Å². The highest BCUT2D eigenvalue weighted by Crippen LogP contribution is 2.14. The summed E-state index contributed by atoms with van der Waals surface area (Å²) in [5, 5.41) is 15.4. The van der Waals surface area contributed by atoms with Gasteiger partial charge in [-0.1, -0.05) is 0 Å². The van der Waals surface area contributed by atoms with Gasteiger partial charge in [-0.25, -0.2) is 0 Å². The van der Waals surface area contributed by atoms with Gasteiger partial charge in [0.1, 0.15) is 12.2 Å². The van der Waals surface area contributed by atoms with Crippen molar-refractivity contribution in [3.05, 3.63) is 35.4 Å². The average Bonchev–Trinajstić information content (AvgIpc) is 2.86. The number of carboxylic acid groups (broad SMARTS) is 1. The summed E-state index contributed by atoms with van der Waals surface area (Å²) in [7, 11) is 1.76. The van der Waals surface area contributed by atoms with Gasteiger partial charge in [0, 0.05) is 18.8 Å². The predicted molar refractivity (Wildman–Crippen MR) is 65.9 cm³/mol. The molecule has 2 aromatic rings. The molecule has 2 N–H and O–H groups in total. The molecule has 0 unspecified atom stereocenters. The Morgan fingerprint density at radius 3 is 2.84 bits per heavy atom. The van der Waals surface area contributed by atoms with Gasteiger partial charge in [-0.15, -0.1) is 0 Å². The van der Waals surface area contributed by atoms with E-state index in [4.69, 9.17) is 9.52 Å². The Balaban J connectivity index is 2.16. The van der Waals surface area contributed by atoms with Gasteiger partial charge in [0.15, 0.2) is 5.82 Å². The van der Waals surface area contributed by atoms with E-state index in [1.165, 1.54) is 12.3 Å². The summed E-state index contributed by atoms with van der Waals surface area (Å²) in [6, 6.07) is 3.15. The number of amides is 1. The van der Waals surface area contributed by atoms with Gasteiger partial charge in [-0.3, -0.25) is 14.3 Å². The number of furan rings is 1.